The number of hydrogen-bond acceptors (Lipinski definition) is 2. The lowest BCUT2D eigenvalue weighted by Gasteiger charge is -1.95. The van der Waals surface area contributed by atoms with Crippen molar-refractivity contribution in [1.29, 1.82) is 0 Å². The number of rotatable bonds is 4. The van der Waals surface area contributed by atoms with Gasteiger partial charge >= 0.3 is 0 Å². The van der Waals surface area contributed by atoms with Gasteiger partial charge in [0.2, 0.25) is 5.91 Å². The molecule has 0 saturated carbocycles. The lowest BCUT2D eigenvalue weighted by molar-refractivity contribution is -0.116. The Bertz CT molecular complexity index is 121. The van der Waals surface area contributed by atoms with Gasteiger partial charge in [-0.3, -0.25) is 4.79 Å². The average Bonchev–Trinajstić information content (AvgIpc) is 1.97. The Kier molecular flexibility index (Phi) is 5.77. The fourth-order valence-corrected chi connectivity index (χ4v) is 0.463. The van der Waals surface area contributed by atoms with Gasteiger partial charge in [-0.05, 0) is 12.5 Å². The van der Waals surface area contributed by atoms with E-state index in [4.69, 9.17) is 5.11 Å². The summed E-state index contributed by atoms with van der Waals surface area (Å²) in [6, 6.07) is 0. The second-order valence-electron chi connectivity index (χ2n) is 1.83. The number of carbonyl (C=O) groups excluding carboxylic acids is 1. The Balaban J connectivity index is 3.34. The smallest absolute Gasteiger partial charge is 0.243 e. The van der Waals surface area contributed by atoms with Crippen molar-refractivity contribution in [3.63, 3.8) is 0 Å². The van der Waals surface area contributed by atoms with Crippen LogP contribution >= 0.6 is 0 Å². The summed E-state index contributed by atoms with van der Waals surface area (Å²) in [6.07, 6.45) is 4.09. The zero-order valence-electron chi connectivity index (χ0n) is 6.13. The van der Waals surface area contributed by atoms with Gasteiger partial charge in [0.1, 0.15) is 0 Å². The van der Waals surface area contributed by atoms with Crippen molar-refractivity contribution in [2.24, 2.45) is 0 Å². The second kappa shape index (κ2) is 6.29. The Morgan fingerprint density at radius 2 is 2.40 bits per heavy atom. The number of aliphatic hydroxyl groups excluding tert-OH is 1. The molecule has 0 spiro atoms. The molecular formula is C7H13NO2. The van der Waals surface area contributed by atoms with E-state index in [1.165, 1.54) is 6.08 Å². The fraction of sp³-hybridized carbons (Fsp3) is 0.571. The Labute approximate surface area is 60.7 Å². The number of aliphatic hydroxyl groups is 1. The number of amides is 1. The lowest BCUT2D eigenvalue weighted by Crippen LogP contribution is -2.24. The first kappa shape index (κ1) is 9.17. The van der Waals surface area contributed by atoms with Gasteiger partial charge in [0.25, 0.3) is 0 Å². The molecule has 10 heavy (non-hydrogen) atoms. The molecule has 0 saturated heterocycles. The van der Waals surface area contributed by atoms with Gasteiger partial charge in [-0.25, -0.2) is 0 Å². The maximum absolute atomic E-state index is 10.7. The van der Waals surface area contributed by atoms with E-state index in [1.807, 2.05) is 6.92 Å². The number of carbonyl (C=O) groups is 1. The van der Waals surface area contributed by atoms with Crippen LogP contribution in [0.4, 0.5) is 0 Å². The molecule has 1 amide bonds. The van der Waals surface area contributed by atoms with E-state index in [2.05, 4.69) is 5.32 Å². The highest BCUT2D eigenvalue weighted by Crippen LogP contribution is 1.78. The summed E-state index contributed by atoms with van der Waals surface area (Å²) in [5, 5.41) is 10.8. The number of nitrogens with one attached hydrogen (secondary N) is 1. The van der Waals surface area contributed by atoms with E-state index in [1.54, 1.807) is 6.08 Å². The van der Waals surface area contributed by atoms with E-state index < -0.39 is 0 Å². The molecule has 0 aromatic rings. The molecule has 0 aliphatic heterocycles. The molecule has 0 aromatic heterocycles. The van der Waals surface area contributed by atoms with Crippen LogP contribution in [0.5, 0.6) is 0 Å². The third-order valence-corrected chi connectivity index (χ3v) is 0.916. The summed E-state index contributed by atoms with van der Waals surface area (Å²) in [4.78, 5) is 10.7. The highest BCUT2D eigenvalue weighted by molar-refractivity contribution is 5.87. The summed E-state index contributed by atoms with van der Waals surface area (Å²) in [5.74, 6) is -0.143. The van der Waals surface area contributed by atoms with Crippen molar-refractivity contribution in [2.75, 3.05) is 13.2 Å². The molecule has 3 nitrogen and oxygen atoms in total. The summed E-state index contributed by atoms with van der Waals surface area (Å²) in [7, 11) is 0. The van der Waals surface area contributed by atoms with Crippen molar-refractivity contribution >= 4 is 5.91 Å². The topological polar surface area (TPSA) is 49.3 Å². The molecule has 0 rings (SSSR count). The van der Waals surface area contributed by atoms with Crippen molar-refractivity contribution in [1.82, 2.24) is 5.32 Å². The lowest BCUT2D eigenvalue weighted by atomic mass is 10.4. The van der Waals surface area contributed by atoms with Crippen LogP contribution in [0.25, 0.3) is 0 Å². The summed E-state index contributed by atoms with van der Waals surface area (Å²) >= 11 is 0. The molecule has 0 aliphatic rings. The molecule has 0 aliphatic carbocycles. The third-order valence-electron chi connectivity index (χ3n) is 0.916. The van der Waals surface area contributed by atoms with Crippen molar-refractivity contribution in [3.8, 4) is 0 Å². The van der Waals surface area contributed by atoms with E-state index in [-0.39, 0.29) is 12.5 Å². The standard InChI is InChI=1S/C7H13NO2/c1-2-3-4-7(10)8-5-6-9/h3-4,9H,2,5-6H2,1H3,(H,8,10)/b4-3+. The van der Waals surface area contributed by atoms with Crippen LogP contribution < -0.4 is 5.32 Å². The van der Waals surface area contributed by atoms with Crippen LogP contribution in [0, 0.1) is 0 Å². The van der Waals surface area contributed by atoms with Gasteiger partial charge in [0.15, 0.2) is 0 Å². The van der Waals surface area contributed by atoms with E-state index in [0.717, 1.165) is 6.42 Å². The molecular weight excluding hydrogens is 130 g/mol. The molecule has 0 radical (unpaired) electrons. The predicted octanol–water partition coefficient (Wildman–Crippen LogP) is 0.0611. The second-order valence-corrected chi connectivity index (χ2v) is 1.83. The van der Waals surface area contributed by atoms with Crippen LogP contribution in [0.3, 0.4) is 0 Å². The molecule has 0 heterocycles. The monoisotopic (exact) mass is 143 g/mol. The van der Waals surface area contributed by atoms with E-state index >= 15 is 0 Å². The highest BCUT2D eigenvalue weighted by atomic mass is 16.3. The van der Waals surface area contributed by atoms with Crippen molar-refractivity contribution in [2.45, 2.75) is 13.3 Å². The van der Waals surface area contributed by atoms with Gasteiger partial charge in [-0.15, -0.1) is 0 Å². The Hall–Kier alpha value is -0.830. The predicted molar refractivity (Wildman–Crippen MR) is 39.5 cm³/mol. The first-order valence-corrected chi connectivity index (χ1v) is 3.36. The summed E-state index contributed by atoms with van der Waals surface area (Å²) < 4.78 is 0. The maximum Gasteiger partial charge on any atom is 0.243 e. The fourth-order valence-electron chi connectivity index (χ4n) is 0.463. The summed E-state index contributed by atoms with van der Waals surface area (Å²) in [6.45, 7) is 2.27. The van der Waals surface area contributed by atoms with Crippen LogP contribution in [-0.4, -0.2) is 24.2 Å². The molecule has 0 unspecified atom stereocenters. The number of allylic oxidation sites excluding steroid dienone is 1. The van der Waals surface area contributed by atoms with Gasteiger partial charge in [0.05, 0.1) is 6.61 Å². The van der Waals surface area contributed by atoms with Gasteiger partial charge < -0.3 is 10.4 Å². The first-order valence-electron chi connectivity index (χ1n) is 3.36. The molecule has 0 atom stereocenters. The van der Waals surface area contributed by atoms with Crippen molar-refractivity contribution in [3.05, 3.63) is 12.2 Å². The number of hydrogen-bond donors (Lipinski definition) is 2. The van der Waals surface area contributed by atoms with Crippen LogP contribution in [0.2, 0.25) is 0 Å². The van der Waals surface area contributed by atoms with Crippen molar-refractivity contribution < 1.29 is 9.90 Å². The molecule has 0 aromatic carbocycles. The van der Waals surface area contributed by atoms with E-state index in [0.29, 0.717) is 6.54 Å². The third kappa shape index (κ3) is 5.31. The normalized spacial score (nSPS) is 10.2. The Morgan fingerprint density at radius 1 is 1.70 bits per heavy atom. The minimum absolute atomic E-state index is 0.00823. The van der Waals surface area contributed by atoms with Gasteiger partial charge in [0, 0.05) is 6.54 Å². The van der Waals surface area contributed by atoms with Gasteiger partial charge in [-0.2, -0.15) is 0 Å². The van der Waals surface area contributed by atoms with Crippen LogP contribution in [0.15, 0.2) is 12.2 Å². The quantitative estimate of drug-likeness (QED) is 0.547. The molecule has 58 valence electrons. The molecule has 2 N–H and O–H groups in total. The van der Waals surface area contributed by atoms with Crippen LogP contribution in [0.1, 0.15) is 13.3 Å². The summed E-state index contributed by atoms with van der Waals surface area (Å²) in [5.41, 5.74) is 0. The van der Waals surface area contributed by atoms with E-state index in [9.17, 15) is 4.79 Å². The minimum Gasteiger partial charge on any atom is -0.395 e. The largest absolute Gasteiger partial charge is 0.395 e. The van der Waals surface area contributed by atoms with Gasteiger partial charge in [-0.1, -0.05) is 13.0 Å². The Morgan fingerprint density at radius 3 is 2.90 bits per heavy atom. The molecule has 0 bridgehead atoms. The first-order chi connectivity index (χ1) is 4.81. The molecule has 0 fully saturated rings. The minimum atomic E-state index is -0.143. The zero-order valence-corrected chi connectivity index (χ0v) is 6.13. The highest BCUT2D eigenvalue weighted by Gasteiger charge is 1.89. The van der Waals surface area contributed by atoms with Crippen LogP contribution in [-0.2, 0) is 4.79 Å². The average molecular weight is 143 g/mol. The molecule has 3 heteroatoms. The zero-order chi connectivity index (χ0) is 7.82. The maximum atomic E-state index is 10.7. The SMILES string of the molecule is CC/C=C/C(=O)NCCO.